The Hall–Kier alpha value is -1.99. The van der Waals surface area contributed by atoms with E-state index in [1.54, 1.807) is 17.3 Å². The zero-order chi connectivity index (χ0) is 15.9. The second-order valence-corrected chi connectivity index (χ2v) is 6.17. The molecule has 0 bridgehead atoms. The number of amides is 2. The lowest BCUT2D eigenvalue weighted by molar-refractivity contribution is 0.202. The number of aromatic nitrogens is 2. The highest BCUT2D eigenvalue weighted by Crippen LogP contribution is 2.15. The van der Waals surface area contributed by atoms with E-state index >= 15 is 0 Å². The van der Waals surface area contributed by atoms with Crippen molar-refractivity contribution in [3.05, 3.63) is 41.2 Å². The Balaban J connectivity index is 2.03. The Morgan fingerprint density at radius 3 is 2.77 bits per heavy atom. The van der Waals surface area contributed by atoms with Crippen LogP contribution in [-0.2, 0) is 6.54 Å². The molecule has 0 atom stereocenters. The van der Waals surface area contributed by atoms with E-state index in [2.05, 4.69) is 20.2 Å². The molecule has 0 aromatic carbocycles. The maximum atomic E-state index is 12.5. The lowest BCUT2D eigenvalue weighted by Crippen LogP contribution is -2.39. The van der Waals surface area contributed by atoms with E-state index in [-0.39, 0.29) is 6.03 Å². The largest absolute Gasteiger partial charge is 0.323 e. The van der Waals surface area contributed by atoms with Crippen LogP contribution in [0, 0.1) is 6.92 Å². The molecule has 2 amide bonds. The number of likely N-dealkylation sites (N-methyl/N-ethyl adjacent to an activating group) is 1. The van der Waals surface area contributed by atoms with Gasteiger partial charge in [-0.15, -0.1) is 11.3 Å². The summed E-state index contributed by atoms with van der Waals surface area (Å²) in [5, 5.41) is 5.41. The van der Waals surface area contributed by atoms with E-state index in [4.69, 9.17) is 0 Å². The summed E-state index contributed by atoms with van der Waals surface area (Å²) in [6, 6.07) is 3.71. The summed E-state index contributed by atoms with van der Waals surface area (Å²) in [4.78, 5) is 24.7. The molecule has 2 aromatic heterocycles. The summed E-state index contributed by atoms with van der Waals surface area (Å²) in [5.74, 6) is 0. The van der Waals surface area contributed by atoms with Crippen LogP contribution in [0.15, 0.2) is 29.9 Å². The van der Waals surface area contributed by atoms with Crippen LogP contribution in [0.1, 0.15) is 11.3 Å². The van der Waals surface area contributed by atoms with Gasteiger partial charge in [0.15, 0.2) is 5.13 Å². The average molecular weight is 319 g/mol. The highest BCUT2D eigenvalue weighted by molar-refractivity contribution is 7.13. The van der Waals surface area contributed by atoms with Gasteiger partial charge in [-0.2, -0.15) is 0 Å². The normalized spacial score (nSPS) is 10.7. The maximum Gasteiger partial charge on any atom is 0.323 e. The van der Waals surface area contributed by atoms with Crippen LogP contribution in [0.2, 0.25) is 0 Å². The Kier molecular flexibility index (Phi) is 5.85. The zero-order valence-corrected chi connectivity index (χ0v) is 13.9. The van der Waals surface area contributed by atoms with Crippen molar-refractivity contribution >= 4 is 22.5 Å². The van der Waals surface area contributed by atoms with Crippen LogP contribution in [-0.4, -0.2) is 53.0 Å². The Morgan fingerprint density at radius 1 is 1.36 bits per heavy atom. The number of aryl methyl sites for hydroxylation is 1. The molecule has 118 valence electrons. The van der Waals surface area contributed by atoms with Gasteiger partial charge in [0.05, 0.1) is 5.69 Å². The van der Waals surface area contributed by atoms with Gasteiger partial charge in [0, 0.05) is 37.4 Å². The van der Waals surface area contributed by atoms with Gasteiger partial charge in [0.1, 0.15) is 0 Å². The number of anilines is 1. The molecular formula is C15H21N5OS. The molecule has 0 aliphatic rings. The van der Waals surface area contributed by atoms with Crippen molar-refractivity contribution in [3.63, 3.8) is 0 Å². The number of urea groups is 1. The molecule has 0 radical (unpaired) electrons. The third kappa shape index (κ3) is 5.09. The van der Waals surface area contributed by atoms with Gasteiger partial charge in [0.25, 0.3) is 0 Å². The first kappa shape index (κ1) is 16.4. The number of carbonyl (C=O) groups excluding carboxylic acids is 1. The lowest BCUT2D eigenvalue weighted by Gasteiger charge is -2.24. The first-order valence-electron chi connectivity index (χ1n) is 7.06. The van der Waals surface area contributed by atoms with E-state index in [0.29, 0.717) is 18.2 Å². The fraction of sp³-hybridized carbons (Fsp3) is 0.400. The topological polar surface area (TPSA) is 61.4 Å². The van der Waals surface area contributed by atoms with E-state index in [1.165, 1.54) is 11.3 Å². The lowest BCUT2D eigenvalue weighted by atomic mass is 10.2. The number of rotatable bonds is 6. The molecule has 2 aromatic rings. The minimum absolute atomic E-state index is 0.139. The molecule has 0 fully saturated rings. The second kappa shape index (κ2) is 7.86. The van der Waals surface area contributed by atoms with Crippen molar-refractivity contribution in [2.45, 2.75) is 13.5 Å². The fourth-order valence-electron chi connectivity index (χ4n) is 1.87. The van der Waals surface area contributed by atoms with Crippen LogP contribution in [0.4, 0.5) is 9.93 Å². The molecule has 0 aliphatic carbocycles. The number of carbonyl (C=O) groups is 1. The smallest absolute Gasteiger partial charge is 0.319 e. The second-order valence-electron chi connectivity index (χ2n) is 5.31. The van der Waals surface area contributed by atoms with Gasteiger partial charge in [-0.3, -0.25) is 10.3 Å². The molecule has 1 N–H and O–H groups in total. The van der Waals surface area contributed by atoms with E-state index < -0.39 is 0 Å². The monoisotopic (exact) mass is 319 g/mol. The molecule has 2 heterocycles. The highest BCUT2D eigenvalue weighted by atomic mass is 32.1. The summed E-state index contributed by atoms with van der Waals surface area (Å²) in [6.45, 7) is 3.87. The summed E-state index contributed by atoms with van der Waals surface area (Å²) in [6.07, 6.45) is 3.51. The van der Waals surface area contributed by atoms with Gasteiger partial charge >= 0.3 is 6.03 Å². The van der Waals surface area contributed by atoms with Crippen LogP contribution in [0.5, 0.6) is 0 Å². The molecular weight excluding hydrogens is 298 g/mol. The maximum absolute atomic E-state index is 12.5. The van der Waals surface area contributed by atoms with Crippen LogP contribution < -0.4 is 5.32 Å². The molecule has 0 spiro atoms. The van der Waals surface area contributed by atoms with Gasteiger partial charge in [0.2, 0.25) is 0 Å². The molecule has 0 saturated heterocycles. The van der Waals surface area contributed by atoms with Crippen molar-refractivity contribution in [2.75, 3.05) is 32.5 Å². The predicted octanol–water partition coefficient (Wildman–Crippen LogP) is 2.44. The SMILES string of the molecule is Cc1csc(NC(=O)N(CCN(C)C)Cc2cccnc2)n1. The Morgan fingerprint density at radius 2 is 2.18 bits per heavy atom. The standard InChI is InChI=1S/C15H21N5OS/c1-12-11-22-14(17-12)18-15(21)20(8-7-19(2)3)10-13-5-4-6-16-9-13/h4-6,9,11H,7-8,10H2,1-3H3,(H,17,18,21). The molecule has 6 nitrogen and oxygen atoms in total. The average Bonchev–Trinajstić information content (AvgIpc) is 2.89. The van der Waals surface area contributed by atoms with E-state index in [0.717, 1.165) is 17.8 Å². The zero-order valence-electron chi connectivity index (χ0n) is 13.1. The number of nitrogens with zero attached hydrogens (tertiary/aromatic N) is 4. The minimum atomic E-state index is -0.139. The predicted molar refractivity (Wildman–Crippen MR) is 89.1 cm³/mol. The van der Waals surface area contributed by atoms with Crippen LogP contribution in [0.3, 0.4) is 0 Å². The third-order valence-electron chi connectivity index (χ3n) is 3.03. The molecule has 2 rings (SSSR count). The summed E-state index contributed by atoms with van der Waals surface area (Å²) >= 11 is 1.43. The first-order chi connectivity index (χ1) is 10.5. The number of nitrogens with one attached hydrogen (secondary N) is 1. The molecule has 22 heavy (non-hydrogen) atoms. The van der Waals surface area contributed by atoms with Gasteiger partial charge in [-0.25, -0.2) is 9.78 Å². The van der Waals surface area contributed by atoms with Crippen molar-refractivity contribution in [1.29, 1.82) is 0 Å². The van der Waals surface area contributed by atoms with Crippen molar-refractivity contribution in [1.82, 2.24) is 19.8 Å². The summed E-state index contributed by atoms with van der Waals surface area (Å²) in [5.41, 5.74) is 1.92. The van der Waals surface area contributed by atoms with Gasteiger partial charge in [-0.1, -0.05) is 6.07 Å². The molecule has 0 unspecified atom stereocenters. The Bertz CT molecular complexity index is 599. The van der Waals surface area contributed by atoms with Crippen molar-refractivity contribution in [3.8, 4) is 0 Å². The van der Waals surface area contributed by atoms with Crippen molar-refractivity contribution in [2.24, 2.45) is 0 Å². The van der Waals surface area contributed by atoms with Gasteiger partial charge in [-0.05, 0) is 32.6 Å². The Labute approximate surface area is 134 Å². The quantitative estimate of drug-likeness (QED) is 0.888. The molecule has 0 aliphatic heterocycles. The summed E-state index contributed by atoms with van der Waals surface area (Å²) in [7, 11) is 3.98. The first-order valence-corrected chi connectivity index (χ1v) is 7.94. The van der Waals surface area contributed by atoms with E-state index in [1.807, 2.05) is 38.5 Å². The third-order valence-corrected chi connectivity index (χ3v) is 3.91. The number of hydrogen-bond donors (Lipinski definition) is 1. The van der Waals surface area contributed by atoms with Gasteiger partial charge < -0.3 is 9.80 Å². The van der Waals surface area contributed by atoms with Crippen molar-refractivity contribution < 1.29 is 4.79 Å². The number of hydrogen-bond acceptors (Lipinski definition) is 5. The number of thiazole rings is 1. The van der Waals surface area contributed by atoms with Crippen LogP contribution in [0.25, 0.3) is 0 Å². The highest BCUT2D eigenvalue weighted by Gasteiger charge is 2.15. The molecule has 7 heteroatoms. The fourth-order valence-corrected chi connectivity index (χ4v) is 2.54. The van der Waals surface area contributed by atoms with E-state index in [9.17, 15) is 4.79 Å². The summed E-state index contributed by atoms with van der Waals surface area (Å²) < 4.78 is 0. The molecule has 0 saturated carbocycles. The minimum Gasteiger partial charge on any atom is -0.319 e. The number of pyridine rings is 1. The van der Waals surface area contributed by atoms with Crippen LogP contribution >= 0.6 is 11.3 Å².